The molecule has 0 fully saturated rings. The quantitative estimate of drug-likeness (QED) is 0.313. The van der Waals surface area contributed by atoms with Crippen molar-refractivity contribution in [1.29, 1.82) is 0 Å². The maximum absolute atomic E-state index is 5.31. The number of nitrogens with one attached hydrogen (secondary N) is 2. The highest BCUT2D eigenvalue weighted by Crippen LogP contribution is 2.10. The fourth-order valence-corrected chi connectivity index (χ4v) is 2.09. The topological polar surface area (TPSA) is 76.4 Å². The normalized spacial score (nSPS) is 15.0. The van der Waals surface area contributed by atoms with Crippen LogP contribution >= 0.6 is 24.0 Å². The molecule has 2 heterocycles. The summed E-state index contributed by atoms with van der Waals surface area (Å²) in [7, 11) is 1.87. The highest BCUT2D eigenvalue weighted by atomic mass is 127. The zero-order valence-electron chi connectivity index (χ0n) is 13.2. The summed E-state index contributed by atoms with van der Waals surface area (Å²) >= 11 is 0. The summed E-state index contributed by atoms with van der Waals surface area (Å²) in [4.78, 5) is 8.69. The molecule has 0 aliphatic carbocycles. The van der Waals surface area contributed by atoms with Crippen molar-refractivity contribution in [3.05, 3.63) is 23.8 Å². The van der Waals surface area contributed by atoms with Gasteiger partial charge in [0.15, 0.2) is 5.96 Å². The number of aryl methyl sites for hydroxylation is 1. The van der Waals surface area contributed by atoms with Crippen LogP contribution in [0.1, 0.15) is 25.6 Å². The van der Waals surface area contributed by atoms with E-state index in [9.17, 15) is 0 Å². The van der Waals surface area contributed by atoms with Gasteiger partial charge in [-0.25, -0.2) is 9.98 Å². The molecule has 1 aromatic rings. The van der Waals surface area contributed by atoms with Gasteiger partial charge in [-0.2, -0.15) is 5.10 Å². The molecule has 0 saturated carbocycles. The molecule has 2 N–H and O–H groups in total. The number of hydrogen-bond acceptors (Lipinski definition) is 4. The van der Waals surface area contributed by atoms with E-state index in [1.165, 1.54) is 5.57 Å². The van der Waals surface area contributed by atoms with Gasteiger partial charge in [0.05, 0.1) is 13.2 Å². The summed E-state index contributed by atoms with van der Waals surface area (Å²) in [5, 5.41) is 10.6. The molecular weight excluding hydrogens is 395 g/mol. The standard InChI is InChI=1S/C14H24N6O.HI/c1-3-15-14(17-10-13-18-11-19-20(13)2)16-7-4-12-5-8-21-9-6-12;/h5,11H,3-4,6-10H2,1-2H3,(H2,15,16,17);1H. The zero-order valence-corrected chi connectivity index (χ0v) is 15.5. The zero-order chi connectivity index (χ0) is 14.9. The van der Waals surface area contributed by atoms with Gasteiger partial charge in [0.25, 0.3) is 0 Å². The van der Waals surface area contributed by atoms with E-state index in [1.807, 2.05) is 7.05 Å². The number of aromatic nitrogens is 3. The molecule has 2 rings (SSSR count). The third-order valence-electron chi connectivity index (χ3n) is 3.32. The number of halogens is 1. The Kier molecular flexibility index (Phi) is 9.05. The SMILES string of the molecule is CCNC(=NCc1ncnn1C)NCCC1=CCOCC1.I. The first-order chi connectivity index (χ1) is 10.3. The first-order valence-corrected chi connectivity index (χ1v) is 7.40. The molecule has 0 amide bonds. The second-order valence-electron chi connectivity index (χ2n) is 4.86. The van der Waals surface area contributed by atoms with E-state index in [4.69, 9.17) is 4.74 Å². The second kappa shape index (κ2) is 10.5. The van der Waals surface area contributed by atoms with Crippen LogP contribution in [-0.4, -0.2) is 47.0 Å². The summed E-state index contributed by atoms with van der Waals surface area (Å²) in [6, 6.07) is 0. The predicted molar refractivity (Wildman–Crippen MR) is 97.4 cm³/mol. The van der Waals surface area contributed by atoms with Crippen LogP contribution in [0.2, 0.25) is 0 Å². The van der Waals surface area contributed by atoms with E-state index in [2.05, 4.69) is 38.7 Å². The number of aliphatic imine (C=N–C) groups is 1. The Hall–Kier alpha value is -1.16. The summed E-state index contributed by atoms with van der Waals surface area (Å²) in [6.07, 6.45) is 5.78. The smallest absolute Gasteiger partial charge is 0.191 e. The summed E-state index contributed by atoms with van der Waals surface area (Å²) in [5.41, 5.74) is 1.46. The lowest BCUT2D eigenvalue weighted by Crippen LogP contribution is -2.38. The average molecular weight is 420 g/mol. The first kappa shape index (κ1) is 18.9. The van der Waals surface area contributed by atoms with Crippen LogP contribution in [0.3, 0.4) is 0 Å². The number of rotatable bonds is 6. The lowest BCUT2D eigenvalue weighted by atomic mass is 10.1. The van der Waals surface area contributed by atoms with Crippen molar-refractivity contribution in [3.8, 4) is 0 Å². The van der Waals surface area contributed by atoms with Gasteiger partial charge in [0.1, 0.15) is 18.7 Å². The third kappa shape index (κ3) is 6.30. The minimum Gasteiger partial charge on any atom is -0.377 e. The van der Waals surface area contributed by atoms with Crippen molar-refractivity contribution < 1.29 is 4.74 Å². The molecule has 1 aliphatic rings. The lowest BCUT2D eigenvalue weighted by Gasteiger charge is -2.15. The highest BCUT2D eigenvalue weighted by Gasteiger charge is 2.05. The van der Waals surface area contributed by atoms with Crippen LogP contribution in [0.15, 0.2) is 23.0 Å². The fraction of sp³-hybridized carbons (Fsp3) is 0.643. The van der Waals surface area contributed by atoms with Crippen molar-refractivity contribution >= 4 is 29.9 Å². The molecule has 0 atom stereocenters. The molecule has 124 valence electrons. The van der Waals surface area contributed by atoms with Crippen molar-refractivity contribution in [1.82, 2.24) is 25.4 Å². The van der Waals surface area contributed by atoms with E-state index < -0.39 is 0 Å². The van der Waals surface area contributed by atoms with Crippen LogP contribution in [0, 0.1) is 0 Å². The Morgan fingerprint density at radius 1 is 1.45 bits per heavy atom. The van der Waals surface area contributed by atoms with Crippen molar-refractivity contribution in [2.45, 2.75) is 26.3 Å². The van der Waals surface area contributed by atoms with E-state index in [-0.39, 0.29) is 24.0 Å². The van der Waals surface area contributed by atoms with Crippen LogP contribution < -0.4 is 10.6 Å². The molecule has 0 unspecified atom stereocenters. The molecular formula is C14H25IN6O. The maximum atomic E-state index is 5.31. The summed E-state index contributed by atoms with van der Waals surface area (Å²) in [5.74, 6) is 1.66. The van der Waals surface area contributed by atoms with Crippen LogP contribution in [0.25, 0.3) is 0 Å². The molecule has 0 aromatic carbocycles. The Morgan fingerprint density at radius 3 is 2.95 bits per heavy atom. The molecule has 1 aromatic heterocycles. The Balaban J connectivity index is 0.00000242. The number of hydrogen-bond donors (Lipinski definition) is 2. The van der Waals surface area contributed by atoms with Gasteiger partial charge in [-0.3, -0.25) is 4.68 Å². The molecule has 22 heavy (non-hydrogen) atoms. The number of ether oxygens (including phenoxy) is 1. The number of nitrogens with zero attached hydrogens (tertiary/aromatic N) is 4. The van der Waals surface area contributed by atoms with Crippen LogP contribution in [0.4, 0.5) is 0 Å². The van der Waals surface area contributed by atoms with Crippen LogP contribution in [-0.2, 0) is 18.3 Å². The van der Waals surface area contributed by atoms with Gasteiger partial charge >= 0.3 is 0 Å². The Morgan fingerprint density at radius 2 is 2.32 bits per heavy atom. The largest absolute Gasteiger partial charge is 0.377 e. The minimum atomic E-state index is 0. The van der Waals surface area contributed by atoms with E-state index in [0.717, 1.165) is 50.9 Å². The molecule has 0 saturated heterocycles. The van der Waals surface area contributed by atoms with Crippen LogP contribution in [0.5, 0.6) is 0 Å². The molecule has 7 nitrogen and oxygen atoms in total. The van der Waals surface area contributed by atoms with Crippen molar-refractivity contribution in [3.63, 3.8) is 0 Å². The van der Waals surface area contributed by atoms with Gasteiger partial charge in [-0.05, 0) is 19.8 Å². The van der Waals surface area contributed by atoms with Gasteiger partial charge < -0.3 is 15.4 Å². The van der Waals surface area contributed by atoms with E-state index in [1.54, 1.807) is 11.0 Å². The average Bonchev–Trinajstić information content (AvgIpc) is 2.91. The monoisotopic (exact) mass is 420 g/mol. The predicted octanol–water partition coefficient (Wildman–Crippen LogP) is 1.22. The summed E-state index contributed by atoms with van der Waals surface area (Å²) in [6.45, 7) is 5.86. The molecule has 0 spiro atoms. The maximum Gasteiger partial charge on any atom is 0.191 e. The van der Waals surface area contributed by atoms with Gasteiger partial charge in [-0.15, -0.1) is 24.0 Å². The Bertz CT molecular complexity index is 499. The minimum absolute atomic E-state index is 0. The van der Waals surface area contributed by atoms with Gasteiger partial charge in [0, 0.05) is 20.1 Å². The van der Waals surface area contributed by atoms with E-state index >= 15 is 0 Å². The van der Waals surface area contributed by atoms with Crippen molar-refractivity contribution in [2.75, 3.05) is 26.3 Å². The fourth-order valence-electron chi connectivity index (χ4n) is 2.09. The molecule has 0 radical (unpaired) electrons. The third-order valence-corrected chi connectivity index (χ3v) is 3.32. The van der Waals surface area contributed by atoms with Gasteiger partial charge in [-0.1, -0.05) is 11.6 Å². The van der Waals surface area contributed by atoms with E-state index in [0.29, 0.717) is 6.54 Å². The number of guanidine groups is 1. The second-order valence-corrected chi connectivity index (χ2v) is 4.86. The molecule has 0 bridgehead atoms. The van der Waals surface area contributed by atoms with Crippen molar-refractivity contribution in [2.24, 2.45) is 12.0 Å². The molecule has 1 aliphatic heterocycles. The Labute approximate surface area is 148 Å². The highest BCUT2D eigenvalue weighted by molar-refractivity contribution is 14.0. The summed E-state index contributed by atoms with van der Waals surface area (Å²) < 4.78 is 7.04. The lowest BCUT2D eigenvalue weighted by molar-refractivity contribution is 0.153. The molecule has 8 heteroatoms. The van der Waals surface area contributed by atoms with Gasteiger partial charge in [0.2, 0.25) is 0 Å². The first-order valence-electron chi connectivity index (χ1n) is 7.40.